The van der Waals surface area contributed by atoms with Crippen molar-refractivity contribution < 1.29 is 0 Å². The number of hydrogen-bond donors (Lipinski definition) is 1. The third kappa shape index (κ3) is 2.33. The fraction of sp³-hybridized carbons (Fsp3) is 0.421. The van der Waals surface area contributed by atoms with Crippen LogP contribution in [0.4, 0.5) is 0 Å². The normalized spacial score (nSPS) is 16.5. The monoisotopic (exact) mass is 306 g/mol. The number of rotatable bonds is 2. The molecular weight excluding hydrogens is 284 g/mol. The van der Waals surface area contributed by atoms with Gasteiger partial charge in [-0.3, -0.25) is 5.10 Å². The van der Waals surface area contributed by atoms with E-state index in [0.29, 0.717) is 0 Å². The van der Waals surface area contributed by atoms with Gasteiger partial charge in [-0.1, -0.05) is 32.9 Å². The molecule has 4 nitrogen and oxygen atoms in total. The largest absolute Gasteiger partial charge is 0.274 e. The second-order valence-corrected chi connectivity index (χ2v) is 7.10. The van der Waals surface area contributed by atoms with Crippen molar-refractivity contribution in [3.8, 4) is 11.5 Å². The maximum Gasteiger partial charge on any atom is 0.178 e. The molecule has 4 heteroatoms. The van der Waals surface area contributed by atoms with Gasteiger partial charge >= 0.3 is 0 Å². The van der Waals surface area contributed by atoms with Crippen molar-refractivity contribution in [2.45, 2.75) is 51.9 Å². The lowest BCUT2D eigenvalue weighted by atomic mass is 9.76. The lowest BCUT2D eigenvalue weighted by Crippen LogP contribution is -2.23. The second-order valence-electron chi connectivity index (χ2n) is 7.10. The SMILES string of the molecule is CCc1ccc2cnc(-c3[nH]nc4c3CCCC4(C)C)nc2c1. The van der Waals surface area contributed by atoms with Crippen LogP contribution in [0.5, 0.6) is 0 Å². The van der Waals surface area contributed by atoms with E-state index in [1.165, 1.54) is 29.7 Å². The van der Waals surface area contributed by atoms with Crippen molar-refractivity contribution >= 4 is 10.9 Å². The number of hydrogen-bond acceptors (Lipinski definition) is 3. The highest BCUT2D eigenvalue weighted by Crippen LogP contribution is 2.38. The summed E-state index contributed by atoms with van der Waals surface area (Å²) in [5, 5.41) is 8.88. The number of nitrogens with zero attached hydrogens (tertiary/aromatic N) is 3. The Balaban J connectivity index is 1.85. The summed E-state index contributed by atoms with van der Waals surface area (Å²) in [7, 11) is 0. The van der Waals surface area contributed by atoms with Crippen molar-refractivity contribution in [3.63, 3.8) is 0 Å². The first-order valence-electron chi connectivity index (χ1n) is 8.42. The molecule has 1 aliphatic carbocycles. The molecule has 0 spiro atoms. The van der Waals surface area contributed by atoms with Gasteiger partial charge < -0.3 is 0 Å². The molecule has 2 aromatic heterocycles. The Morgan fingerprint density at radius 3 is 2.96 bits per heavy atom. The van der Waals surface area contributed by atoms with Gasteiger partial charge in [0.25, 0.3) is 0 Å². The van der Waals surface area contributed by atoms with Gasteiger partial charge in [-0.25, -0.2) is 9.97 Å². The van der Waals surface area contributed by atoms with Crippen LogP contribution in [0.1, 0.15) is 50.4 Å². The van der Waals surface area contributed by atoms with E-state index < -0.39 is 0 Å². The van der Waals surface area contributed by atoms with Crippen molar-refractivity contribution in [3.05, 3.63) is 41.2 Å². The quantitative estimate of drug-likeness (QED) is 0.772. The predicted molar refractivity (Wildman–Crippen MR) is 92.5 cm³/mol. The van der Waals surface area contributed by atoms with Crippen molar-refractivity contribution in [2.24, 2.45) is 0 Å². The number of nitrogens with one attached hydrogen (secondary N) is 1. The van der Waals surface area contributed by atoms with Gasteiger partial charge in [0, 0.05) is 22.6 Å². The summed E-state index contributed by atoms with van der Waals surface area (Å²) in [5.41, 5.74) is 5.92. The molecule has 0 saturated heterocycles. The molecule has 0 fully saturated rings. The summed E-state index contributed by atoms with van der Waals surface area (Å²) in [6.45, 7) is 6.70. The van der Waals surface area contributed by atoms with E-state index in [2.05, 4.69) is 54.2 Å². The van der Waals surface area contributed by atoms with Crippen LogP contribution in [0.3, 0.4) is 0 Å². The first-order chi connectivity index (χ1) is 11.1. The summed E-state index contributed by atoms with van der Waals surface area (Å²) in [5.74, 6) is 0.761. The summed E-state index contributed by atoms with van der Waals surface area (Å²) >= 11 is 0. The number of benzene rings is 1. The summed E-state index contributed by atoms with van der Waals surface area (Å²) < 4.78 is 0. The van der Waals surface area contributed by atoms with Gasteiger partial charge in [-0.05, 0) is 37.3 Å². The first kappa shape index (κ1) is 14.4. The van der Waals surface area contributed by atoms with Crippen LogP contribution in [0.15, 0.2) is 24.4 Å². The van der Waals surface area contributed by atoms with Crippen LogP contribution >= 0.6 is 0 Å². The summed E-state index contributed by atoms with van der Waals surface area (Å²) in [6, 6.07) is 6.41. The highest BCUT2D eigenvalue weighted by atomic mass is 15.1. The Morgan fingerprint density at radius 2 is 2.13 bits per heavy atom. The summed E-state index contributed by atoms with van der Waals surface area (Å²) in [6.07, 6.45) is 6.37. The average molecular weight is 306 g/mol. The molecule has 0 amide bonds. The lowest BCUT2D eigenvalue weighted by molar-refractivity contribution is 0.420. The predicted octanol–water partition coefficient (Wildman–Crippen LogP) is 4.20. The molecule has 0 saturated carbocycles. The molecule has 0 aliphatic heterocycles. The molecule has 118 valence electrons. The van der Waals surface area contributed by atoms with Crippen molar-refractivity contribution in [1.29, 1.82) is 0 Å². The van der Waals surface area contributed by atoms with E-state index in [1.54, 1.807) is 0 Å². The molecule has 3 aromatic rings. The zero-order valence-electron chi connectivity index (χ0n) is 14.0. The van der Waals surface area contributed by atoms with E-state index in [0.717, 1.165) is 35.3 Å². The first-order valence-corrected chi connectivity index (χ1v) is 8.42. The Kier molecular flexibility index (Phi) is 3.22. The fourth-order valence-corrected chi connectivity index (χ4v) is 3.59. The highest BCUT2D eigenvalue weighted by Gasteiger charge is 2.32. The van der Waals surface area contributed by atoms with Gasteiger partial charge in [-0.15, -0.1) is 0 Å². The third-order valence-corrected chi connectivity index (χ3v) is 5.02. The average Bonchev–Trinajstić information content (AvgIpc) is 2.99. The summed E-state index contributed by atoms with van der Waals surface area (Å²) in [4.78, 5) is 9.38. The molecule has 1 aliphatic rings. The van der Waals surface area contributed by atoms with E-state index in [1.807, 2.05) is 6.20 Å². The van der Waals surface area contributed by atoms with Gasteiger partial charge in [0.15, 0.2) is 5.82 Å². The standard InChI is InChI=1S/C19H22N4/c1-4-12-7-8-13-11-20-18(21-15(13)10-12)16-14-6-5-9-19(2,3)17(14)23-22-16/h7-8,10-11H,4-6,9H2,1-3H3,(H,22,23). The molecule has 1 N–H and O–H groups in total. The molecule has 0 atom stereocenters. The Morgan fingerprint density at radius 1 is 1.26 bits per heavy atom. The molecule has 0 radical (unpaired) electrons. The second kappa shape index (κ2) is 5.15. The lowest BCUT2D eigenvalue weighted by Gasteiger charge is -2.28. The maximum atomic E-state index is 4.80. The van der Waals surface area contributed by atoms with E-state index >= 15 is 0 Å². The Labute approximate surface area is 136 Å². The van der Waals surface area contributed by atoms with E-state index in [9.17, 15) is 0 Å². The topological polar surface area (TPSA) is 54.5 Å². The Hall–Kier alpha value is -2.23. The van der Waals surface area contributed by atoms with E-state index in [-0.39, 0.29) is 5.41 Å². The molecule has 23 heavy (non-hydrogen) atoms. The number of aryl methyl sites for hydroxylation is 1. The molecular formula is C19H22N4. The molecule has 0 bridgehead atoms. The van der Waals surface area contributed by atoms with Crippen molar-refractivity contribution in [1.82, 2.24) is 20.2 Å². The number of fused-ring (bicyclic) bond motifs is 2. The van der Waals surface area contributed by atoms with Crippen molar-refractivity contribution in [2.75, 3.05) is 0 Å². The van der Waals surface area contributed by atoms with Gasteiger partial charge in [0.05, 0.1) is 11.2 Å². The number of H-pyrrole nitrogens is 1. The van der Waals surface area contributed by atoms with E-state index in [4.69, 9.17) is 4.98 Å². The van der Waals surface area contributed by atoms with Crippen LogP contribution in [0, 0.1) is 0 Å². The smallest absolute Gasteiger partial charge is 0.178 e. The van der Waals surface area contributed by atoms with Gasteiger partial charge in [-0.2, -0.15) is 5.10 Å². The number of aromatic amines is 1. The van der Waals surface area contributed by atoms with Crippen LogP contribution in [0.25, 0.3) is 22.4 Å². The van der Waals surface area contributed by atoms with Gasteiger partial charge in [0.1, 0.15) is 5.69 Å². The van der Waals surface area contributed by atoms with Gasteiger partial charge in [0.2, 0.25) is 0 Å². The minimum Gasteiger partial charge on any atom is -0.274 e. The zero-order chi connectivity index (χ0) is 16.0. The Bertz CT molecular complexity index is 876. The molecule has 0 unspecified atom stereocenters. The molecule has 1 aromatic carbocycles. The minimum atomic E-state index is 0.133. The maximum absolute atomic E-state index is 4.80. The van der Waals surface area contributed by atoms with Crippen LogP contribution in [-0.2, 0) is 18.3 Å². The van der Waals surface area contributed by atoms with Crippen LogP contribution < -0.4 is 0 Å². The minimum absolute atomic E-state index is 0.133. The third-order valence-electron chi connectivity index (χ3n) is 5.02. The van der Waals surface area contributed by atoms with Crippen LogP contribution in [-0.4, -0.2) is 20.2 Å². The fourth-order valence-electron chi connectivity index (χ4n) is 3.59. The van der Waals surface area contributed by atoms with Crippen LogP contribution in [0.2, 0.25) is 0 Å². The zero-order valence-corrected chi connectivity index (χ0v) is 14.0. The number of aromatic nitrogens is 4. The highest BCUT2D eigenvalue weighted by molar-refractivity contribution is 5.80. The molecule has 4 rings (SSSR count). The molecule has 2 heterocycles.